The minimum Gasteiger partial charge on any atom is -0.272 e. The van der Waals surface area contributed by atoms with E-state index in [1.807, 2.05) is 0 Å². The molecule has 2 aliphatic rings. The van der Waals surface area contributed by atoms with Gasteiger partial charge >= 0.3 is 0 Å². The highest BCUT2D eigenvalue weighted by Gasteiger charge is 2.50. The molecule has 0 aliphatic heterocycles. The molecule has 3 rings (SSSR count). The lowest BCUT2D eigenvalue weighted by atomic mass is 9.71. The highest BCUT2D eigenvalue weighted by atomic mass is 79.9. The van der Waals surface area contributed by atoms with Crippen molar-refractivity contribution in [2.45, 2.75) is 45.4 Å². The van der Waals surface area contributed by atoms with E-state index in [2.05, 4.69) is 45.7 Å². The number of aromatic nitrogens is 2. The van der Waals surface area contributed by atoms with Crippen LogP contribution in [0.4, 0.5) is 0 Å². The largest absolute Gasteiger partial charge is 0.272 e. The molecule has 0 saturated heterocycles. The number of nitrogens with zero attached hydrogens (tertiary/aromatic N) is 2. The van der Waals surface area contributed by atoms with Crippen LogP contribution in [-0.2, 0) is 19.9 Å². The highest BCUT2D eigenvalue weighted by Crippen LogP contribution is 2.57. The first-order valence-electron chi connectivity index (χ1n) is 7.24. The summed E-state index contributed by atoms with van der Waals surface area (Å²) in [4.78, 5) is 0. The Morgan fingerprint density at radius 2 is 2.33 bits per heavy atom. The van der Waals surface area contributed by atoms with E-state index >= 15 is 0 Å². The SMILES string of the molecule is CCc1cc(CC2(CBr)CC3CCC2C3)n(C)n1. The van der Waals surface area contributed by atoms with E-state index in [-0.39, 0.29) is 0 Å². The molecule has 2 aliphatic carbocycles. The molecular weight excluding hydrogens is 288 g/mol. The average molecular weight is 311 g/mol. The fourth-order valence-electron chi connectivity index (χ4n) is 4.26. The monoisotopic (exact) mass is 310 g/mol. The maximum Gasteiger partial charge on any atom is 0.0624 e. The van der Waals surface area contributed by atoms with E-state index in [9.17, 15) is 0 Å². The Morgan fingerprint density at radius 3 is 2.83 bits per heavy atom. The summed E-state index contributed by atoms with van der Waals surface area (Å²) in [6.45, 7) is 2.18. The van der Waals surface area contributed by atoms with Crippen LogP contribution in [0, 0.1) is 17.3 Å². The van der Waals surface area contributed by atoms with E-state index in [0.29, 0.717) is 5.41 Å². The minimum absolute atomic E-state index is 0.516. The number of alkyl halides is 1. The van der Waals surface area contributed by atoms with Crippen molar-refractivity contribution in [3.05, 3.63) is 17.5 Å². The van der Waals surface area contributed by atoms with Gasteiger partial charge in [0.25, 0.3) is 0 Å². The molecule has 3 atom stereocenters. The number of fused-ring (bicyclic) bond motifs is 2. The van der Waals surface area contributed by atoms with E-state index < -0.39 is 0 Å². The Bertz CT molecular complexity index is 440. The van der Waals surface area contributed by atoms with Gasteiger partial charge in [-0.2, -0.15) is 5.10 Å². The number of rotatable bonds is 4. The Kier molecular flexibility index (Phi) is 3.29. The van der Waals surface area contributed by atoms with Crippen molar-refractivity contribution in [1.82, 2.24) is 9.78 Å². The number of halogens is 1. The standard InChI is InChI=1S/C15H23BrN2/c1-3-13-7-14(18(2)17-13)9-15(10-16)8-11-4-5-12(15)6-11/h7,11-12H,3-6,8-10H2,1-2H3. The minimum atomic E-state index is 0.516. The molecule has 18 heavy (non-hydrogen) atoms. The summed E-state index contributed by atoms with van der Waals surface area (Å²) >= 11 is 3.81. The summed E-state index contributed by atoms with van der Waals surface area (Å²) in [5, 5.41) is 5.76. The van der Waals surface area contributed by atoms with Gasteiger partial charge in [0, 0.05) is 18.1 Å². The second kappa shape index (κ2) is 4.66. The van der Waals surface area contributed by atoms with Crippen LogP contribution in [0.25, 0.3) is 0 Å². The normalized spacial score (nSPS) is 34.4. The van der Waals surface area contributed by atoms with Crippen molar-refractivity contribution in [2.24, 2.45) is 24.3 Å². The maximum atomic E-state index is 4.60. The first-order chi connectivity index (χ1) is 8.66. The molecule has 0 spiro atoms. The van der Waals surface area contributed by atoms with Crippen LogP contribution in [0.5, 0.6) is 0 Å². The lowest BCUT2D eigenvalue weighted by Crippen LogP contribution is -2.32. The molecule has 1 aromatic heterocycles. The van der Waals surface area contributed by atoms with Gasteiger partial charge < -0.3 is 0 Å². The summed E-state index contributed by atoms with van der Waals surface area (Å²) in [5.74, 6) is 1.95. The van der Waals surface area contributed by atoms with Crippen molar-refractivity contribution in [1.29, 1.82) is 0 Å². The molecule has 2 nitrogen and oxygen atoms in total. The molecule has 0 N–H and O–H groups in total. The van der Waals surface area contributed by atoms with Crippen molar-refractivity contribution in [3.63, 3.8) is 0 Å². The second-order valence-corrected chi connectivity index (χ2v) is 6.92. The third-order valence-electron chi connectivity index (χ3n) is 5.29. The third kappa shape index (κ3) is 1.95. The number of hydrogen-bond acceptors (Lipinski definition) is 1. The zero-order valence-electron chi connectivity index (χ0n) is 11.5. The van der Waals surface area contributed by atoms with Crippen molar-refractivity contribution in [2.75, 3.05) is 5.33 Å². The van der Waals surface area contributed by atoms with Crippen LogP contribution in [0.1, 0.15) is 44.0 Å². The molecule has 0 radical (unpaired) electrons. The van der Waals surface area contributed by atoms with Gasteiger partial charge in [-0.25, -0.2) is 0 Å². The zero-order valence-corrected chi connectivity index (χ0v) is 13.0. The number of hydrogen-bond donors (Lipinski definition) is 0. The highest BCUT2D eigenvalue weighted by molar-refractivity contribution is 9.09. The van der Waals surface area contributed by atoms with E-state index in [1.54, 1.807) is 0 Å². The Labute approximate surface area is 118 Å². The van der Waals surface area contributed by atoms with Crippen LogP contribution in [-0.4, -0.2) is 15.1 Å². The lowest BCUT2D eigenvalue weighted by Gasteiger charge is -2.36. The summed E-state index contributed by atoms with van der Waals surface area (Å²) in [6, 6.07) is 2.32. The van der Waals surface area contributed by atoms with Crippen LogP contribution >= 0.6 is 15.9 Å². The Balaban J connectivity index is 1.83. The average Bonchev–Trinajstić information content (AvgIpc) is 3.05. The molecule has 1 heterocycles. The molecule has 3 unspecified atom stereocenters. The van der Waals surface area contributed by atoms with Gasteiger partial charge in [0.2, 0.25) is 0 Å². The first kappa shape index (κ1) is 12.7. The van der Waals surface area contributed by atoms with Crippen molar-refractivity contribution >= 4 is 15.9 Å². The van der Waals surface area contributed by atoms with Gasteiger partial charge in [-0.05, 0) is 55.4 Å². The van der Waals surface area contributed by atoms with Gasteiger partial charge in [-0.1, -0.05) is 29.3 Å². The molecule has 2 saturated carbocycles. The van der Waals surface area contributed by atoms with Gasteiger partial charge in [-0.3, -0.25) is 4.68 Å². The molecule has 0 amide bonds. The molecule has 1 aromatic rings. The smallest absolute Gasteiger partial charge is 0.0624 e. The first-order valence-corrected chi connectivity index (χ1v) is 8.37. The third-order valence-corrected chi connectivity index (χ3v) is 6.41. The fourth-order valence-corrected chi connectivity index (χ4v) is 5.14. The van der Waals surface area contributed by atoms with Gasteiger partial charge in [0.1, 0.15) is 0 Å². The van der Waals surface area contributed by atoms with Crippen LogP contribution in [0.2, 0.25) is 0 Å². The molecule has 3 heteroatoms. The summed E-state index contributed by atoms with van der Waals surface area (Å²) < 4.78 is 2.11. The summed E-state index contributed by atoms with van der Waals surface area (Å²) in [7, 11) is 2.10. The van der Waals surface area contributed by atoms with E-state index in [0.717, 1.165) is 23.6 Å². The summed E-state index contributed by atoms with van der Waals surface area (Å²) in [6.07, 6.45) is 8.09. The Hall–Kier alpha value is -0.310. The molecule has 0 aromatic carbocycles. The zero-order chi connectivity index (χ0) is 12.8. The quantitative estimate of drug-likeness (QED) is 0.775. The van der Waals surface area contributed by atoms with Crippen LogP contribution in [0.15, 0.2) is 6.07 Å². The second-order valence-electron chi connectivity index (χ2n) is 6.36. The van der Waals surface area contributed by atoms with Gasteiger partial charge in [0.05, 0.1) is 5.69 Å². The van der Waals surface area contributed by atoms with Crippen molar-refractivity contribution in [3.8, 4) is 0 Å². The topological polar surface area (TPSA) is 17.8 Å². The maximum absolute atomic E-state index is 4.60. The van der Waals surface area contributed by atoms with Gasteiger partial charge in [-0.15, -0.1) is 0 Å². The predicted molar refractivity (Wildman–Crippen MR) is 78.0 cm³/mol. The summed E-state index contributed by atoms with van der Waals surface area (Å²) in [5.41, 5.74) is 3.18. The molecular formula is C15H23BrN2. The number of aryl methyl sites for hydroxylation is 2. The van der Waals surface area contributed by atoms with Crippen LogP contribution < -0.4 is 0 Å². The molecule has 100 valence electrons. The fraction of sp³-hybridized carbons (Fsp3) is 0.800. The van der Waals surface area contributed by atoms with Crippen LogP contribution in [0.3, 0.4) is 0 Å². The van der Waals surface area contributed by atoms with E-state index in [1.165, 1.54) is 43.5 Å². The molecule has 2 bridgehead atoms. The van der Waals surface area contributed by atoms with E-state index in [4.69, 9.17) is 0 Å². The molecule has 2 fully saturated rings. The Morgan fingerprint density at radius 1 is 1.50 bits per heavy atom. The lowest BCUT2D eigenvalue weighted by molar-refractivity contribution is 0.193. The van der Waals surface area contributed by atoms with Crippen molar-refractivity contribution < 1.29 is 0 Å². The van der Waals surface area contributed by atoms with Gasteiger partial charge in [0.15, 0.2) is 0 Å². The predicted octanol–water partition coefficient (Wildman–Crippen LogP) is 3.73.